The average Bonchev–Trinajstić information content (AvgIpc) is 2.78. The number of aromatic nitrogens is 1. The van der Waals surface area contributed by atoms with Crippen molar-refractivity contribution in [3.63, 3.8) is 0 Å². The predicted molar refractivity (Wildman–Crippen MR) is 67.8 cm³/mol. The monoisotopic (exact) mass is 293 g/mol. The zero-order valence-electron chi connectivity index (χ0n) is 11.0. The van der Waals surface area contributed by atoms with E-state index in [0.29, 0.717) is 22.6 Å². The molecule has 0 aliphatic heterocycles. The molecule has 0 amide bonds. The van der Waals surface area contributed by atoms with Crippen LogP contribution in [-0.2, 0) is 11.8 Å². The molecule has 1 heterocycles. The van der Waals surface area contributed by atoms with Crippen LogP contribution in [0.15, 0.2) is 6.20 Å². The van der Waals surface area contributed by atoms with Gasteiger partial charge < -0.3 is 5.11 Å². The largest absolute Gasteiger partial charge is 0.443 e. The summed E-state index contributed by atoms with van der Waals surface area (Å²) in [7, 11) is 0. The Kier molecular flexibility index (Phi) is 3.93. The lowest BCUT2D eigenvalue weighted by molar-refractivity contribution is -0.137. The maximum Gasteiger partial charge on any atom is 0.443 e. The van der Waals surface area contributed by atoms with Crippen molar-refractivity contribution in [3.8, 4) is 0 Å². The zero-order valence-corrected chi connectivity index (χ0v) is 11.8. The van der Waals surface area contributed by atoms with E-state index in [1.165, 1.54) is 6.20 Å². The molecule has 2 nitrogen and oxygen atoms in total. The minimum absolute atomic E-state index is 0.00258. The molecule has 1 saturated carbocycles. The summed E-state index contributed by atoms with van der Waals surface area (Å²) < 4.78 is 37.8. The number of nitrogens with zero attached hydrogens (tertiary/aromatic N) is 1. The first-order chi connectivity index (χ1) is 8.75. The molecule has 2 unspecified atom stereocenters. The van der Waals surface area contributed by atoms with Gasteiger partial charge in [0.25, 0.3) is 0 Å². The van der Waals surface area contributed by atoms with Crippen molar-refractivity contribution >= 4 is 11.3 Å². The van der Waals surface area contributed by atoms with Gasteiger partial charge in [0.15, 0.2) is 5.01 Å². The normalized spacial score (nSPS) is 28.9. The molecule has 1 fully saturated rings. The molecule has 0 radical (unpaired) electrons. The summed E-state index contributed by atoms with van der Waals surface area (Å²) in [5, 5.41) is 9.98. The third-order valence-corrected chi connectivity index (χ3v) is 5.13. The van der Waals surface area contributed by atoms with Gasteiger partial charge in [-0.3, -0.25) is 0 Å². The maximum atomic E-state index is 12.6. The Morgan fingerprint density at radius 3 is 2.63 bits per heavy atom. The van der Waals surface area contributed by atoms with E-state index in [0.717, 1.165) is 19.3 Å². The molecule has 1 aliphatic carbocycles. The molecule has 0 spiro atoms. The number of alkyl halides is 3. The Balaban J connectivity index is 2.34. The third-order valence-electron chi connectivity index (χ3n) is 3.92. The number of halogens is 3. The van der Waals surface area contributed by atoms with Gasteiger partial charge in [-0.2, -0.15) is 13.2 Å². The zero-order chi connectivity index (χ0) is 14.3. The molecule has 108 valence electrons. The van der Waals surface area contributed by atoms with E-state index in [1.54, 1.807) is 0 Å². The molecule has 6 heteroatoms. The van der Waals surface area contributed by atoms with Crippen LogP contribution in [0.5, 0.6) is 0 Å². The van der Waals surface area contributed by atoms with E-state index >= 15 is 0 Å². The van der Waals surface area contributed by atoms with Crippen molar-refractivity contribution in [1.82, 2.24) is 4.98 Å². The second-order valence-corrected chi connectivity index (χ2v) is 6.58. The van der Waals surface area contributed by atoms with Crippen LogP contribution in [0, 0.1) is 11.8 Å². The van der Waals surface area contributed by atoms with Crippen LogP contribution >= 0.6 is 11.3 Å². The lowest BCUT2D eigenvalue weighted by Crippen LogP contribution is -2.40. The molecule has 1 aliphatic rings. The van der Waals surface area contributed by atoms with Gasteiger partial charge in [0.1, 0.15) is 5.60 Å². The van der Waals surface area contributed by atoms with Crippen LogP contribution in [0.2, 0.25) is 0 Å². The van der Waals surface area contributed by atoms with Gasteiger partial charge in [0, 0.05) is 6.20 Å². The van der Waals surface area contributed by atoms with E-state index < -0.39 is 16.8 Å². The summed E-state index contributed by atoms with van der Waals surface area (Å²) in [6.45, 7) is 4.01. The fourth-order valence-electron chi connectivity index (χ4n) is 2.98. The molecule has 1 aromatic heterocycles. The van der Waals surface area contributed by atoms with Gasteiger partial charge in [-0.05, 0) is 24.7 Å². The smallest absolute Gasteiger partial charge is 0.384 e. The van der Waals surface area contributed by atoms with Crippen molar-refractivity contribution in [2.24, 2.45) is 11.8 Å². The molecule has 0 aromatic carbocycles. The molecule has 0 bridgehead atoms. The summed E-state index contributed by atoms with van der Waals surface area (Å²) >= 11 is 0.580. The molecular weight excluding hydrogens is 275 g/mol. The van der Waals surface area contributed by atoms with Gasteiger partial charge in [-0.1, -0.05) is 26.7 Å². The van der Waals surface area contributed by atoms with Crippen molar-refractivity contribution in [2.75, 3.05) is 0 Å². The number of aliphatic hydroxyl groups is 1. The van der Waals surface area contributed by atoms with E-state index in [-0.39, 0.29) is 11.8 Å². The van der Waals surface area contributed by atoms with E-state index in [4.69, 9.17) is 0 Å². The van der Waals surface area contributed by atoms with Gasteiger partial charge in [-0.25, -0.2) is 4.98 Å². The number of hydrogen-bond donors (Lipinski definition) is 1. The Hall–Kier alpha value is -0.620. The summed E-state index contributed by atoms with van der Waals surface area (Å²) in [5.41, 5.74) is -1.15. The van der Waals surface area contributed by atoms with Gasteiger partial charge in [-0.15, -0.1) is 11.3 Å². The lowest BCUT2D eigenvalue weighted by atomic mass is 9.69. The number of hydrogen-bond acceptors (Lipinski definition) is 3. The van der Waals surface area contributed by atoms with Crippen molar-refractivity contribution in [2.45, 2.75) is 51.3 Å². The Labute approximate surface area is 114 Å². The van der Waals surface area contributed by atoms with Crippen molar-refractivity contribution in [3.05, 3.63) is 16.1 Å². The first kappa shape index (κ1) is 14.8. The third kappa shape index (κ3) is 2.79. The summed E-state index contributed by atoms with van der Waals surface area (Å²) in [5.74, 6) is 0.240. The molecule has 1 aromatic rings. The minimum atomic E-state index is -4.43. The fraction of sp³-hybridized carbons (Fsp3) is 0.769. The standard InChI is InChI=1S/C13H18F3NOS/c1-8(2)9-5-3-4-6-12(9,18)10-7-17-11(19-10)13(14,15)16/h7-9,18H,3-6H2,1-2H3. The SMILES string of the molecule is CC(C)C1CCCCC1(O)c1cnc(C(F)(F)F)s1. The Morgan fingerprint density at radius 1 is 1.42 bits per heavy atom. The van der Waals surface area contributed by atoms with Crippen LogP contribution in [0.4, 0.5) is 13.2 Å². The highest BCUT2D eigenvalue weighted by Crippen LogP contribution is 2.48. The quantitative estimate of drug-likeness (QED) is 0.886. The molecule has 19 heavy (non-hydrogen) atoms. The highest BCUT2D eigenvalue weighted by molar-refractivity contribution is 7.11. The van der Waals surface area contributed by atoms with Gasteiger partial charge >= 0.3 is 6.18 Å². The van der Waals surface area contributed by atoms with Crippen LogP contribution in [0.25, 0.3) is 0 Å². The fourth-order valence-corrected chi connectivity index (χ4v) is 3.94. The minimum Gasteiger partial charge on any atom is -0.384 e. The van der Waals surface area contributed by atoms with Gasteiger partial charge in [0.05, 0.1) is 4.88 Å². The van der Waals surface area contributed by atoms with Crippen LogP contribution in [0.3, 0.4) is 0 Å². The molecule has 1 N–H and O–H groups in total. The predicted octanol–water partition coefficient (Wildman–Crippen LogP) is 4.20. The maximum absolute atomic E-state index is 12.6. The van der Waals surface area contributed by atoms with Crippen molar-refractivity contribution < 1.29 is 18.3 Å². The highest BCUT2D eigenvalue weighted by Gasteiger charge is 2.45. The Morgan fingerprint density at radius 2 is 2.11 bits per heavy atom. The van der Waals surface area contributed by atoms with Crippen LogP contribution in [0.1, 0.15) is 49.4 Å². The van der Waals surface area contributed by atoms with E-state index in [2.05, 4.69) is 4.98 Å². The number of thiazole rings is 1. The molecule has 2 rings (SSSR count). The van der Waals surface area contributed by atoms with Gasteiger partial charge in [0.2, 0.25) is 0 Å². The lowest BCUT2D eigenvalue weighted by Gasteiger charge is -2.41. The van der Waals surface area contributed by atoms with E-state index in [1.807, 2.05) is 13.8 Å². The van der Waals surface area contributed by atoms with Crippen LogP contribution < -0.4 is 0 Å². The number of rotatable bonds is 2. The second kappa shape index (κ2) is 5.05. The first-order valence-corrected chi connectivity index (χ1v) is 7.32. The summed E-state index contributed by atoms with van der Waals surface area (Å²) in [6.07, 6.45) is 0.0211. The topological polar surface area (TPSA) is 33.1 Å². The Bertz CT molecular complexity index is 443. The molecular formula is C13H18F3NOS. The van der Waals surface area contributed by atoms with Crippen LogP contribution in [-0.4, -0.2) is 10.1 Å². The van der Waals surface area contributed by atoms with E-state index in [9.17, 15) is 18.3 Å². The molecule has 2 atom stereocenters. The van der Waals surface area contributed by atoms with Crippen molar-refractivity contribution in [1.29, 1.82) is 0 Å². The summed E-state index contributed by atoms with van der Waals surface area (Å²) in [6, 6.07) is 0. The second-order valence-electron chi connectivity index (χ2n) is 5.55. The highest BCUT2D eigenvalue weighted by atomic mass is 32.1. The average molecular weight is 293 g/mol. The summed E-state index contributed by atoms with van der Waals surface area (Å²) in [4.78, 5) is 3.79. The first-order valence-electron chi connectivity index (χ1n) is 6.51. The molecule has 0 saturated heterocycles.